The molecule has 1 aromatic heterocycles. The average molecular weight is 350 g/mol. The molecule has 1 amide bonds. The van der Waals surface area contributed by atoms with Crippen LogP contribution >= 0.6 is 0 Å². The summed E-state index contributed by atoms with van der Waals surface area (Å²) in [5.41, 5.74) is 8.60. The number of methoxy groups -OCH3 is 1. The Bertz CT molecular complexity index is 950. The first-order valence-corrected chi connectivity index (χ1v) is 8.84. The number of nitrogens with two attached hydrogens (primary N) is 1. The molecule has 2 atom stereocenters. The normalized spacial score (nSPS) is 19.6. The fourth-order valence-corrected chi connectivity index (χ4v) is 3.59. The third kappa shape index (κ3) is 3.04. The minimum Gasteiger partial charge on any atom is -0.497 e. The third-order valence-corrected chi connectivity index (χ3v) is 4.95. The zero-order chi connectivity index (χ0) is 18.1. The Morgan fingerprint density at radius 1 is 1.23 bits per heavy atom. The van der Waals surface area contributed by atoms with Gasteiger partial charge in [0, 0.05) is 18.0 Å². The van der Waals surface area contributed by atoms with Crippen LogP contribution in [-0.4, -0.2) is 28.6 Å². The molecule has 6 nitrogen and oxygen atoms in total. The van der Waals surface area contributed by atoms with Crippen LogP contribution in [0, 0.1) is 5.92 Å². The van der Waals surface area contributed by atoms with Gasteiger partial charge in [0.05, 0.1) is 23.8 Å². The van der Waals surface area contributed by atoms with Gasteiger partial charge in [-0.05, 0) is 43.5 Å². The number of fused-ring (bicyclic) bond motifs is 1. The number of amides is 1. The summed E-state index contributed by atoms with van der Waals surface area (Å²) in [6, 6.07) is 15.6. The van der Waals surface area contributed by atoms with Crippen molar-refractivity contribution in [2.24, 2.45) is 11.7 Å². The van der Waals surface area contributed by atoms with Crippen molar-refractivity contribution < 1.29 is 9.53 Å². The molecule has 3 aromatic rings. The van der Waals surface area contributed by atoms with Gasteiger partial charge in [0.15, 0.2) is 0 Å². The van der Waals surface area contributed by atoms with Gasteiger partial charge in [-0.1, -0.05) is 18.2 Å². The maximum Gasteiger partial charge on any atom is 0.229 e. The number of carbonyl (C=O) groups excluding carboxylic acids is 1. The summed E-state index contributed by atoms with van der Waals surface area (Å²) in [7, 11) is 1.64. The lowest BCUT2D eigenvalue weighted by atomic mass is 10.1. The van der Waals surface area contributed by atoms with E-state index in [1.807, 2.05) is 53.1 Å². The van der Waals surface area contributed by atoms with Crippen molar-refractivity contribution >= 4 is 22.9 Å². The summed E-state index contributed by atoms with van der Waals surface area (Å²) >= 11 is 0. The predicted octanol–water partition coefficient (Wildman–Crippen LogP) is 3.10. The van der Waals surface area contributed by atoms with Crippen LogP contribution in [0.25, 0.3) is 16.7 Å². The number of imidazole rings is 1. The molecule has 1 aliphatic carbocycles. The molecule has 6 heteroatoms. The Kier molecular flexibility index (Phi) is 4.34. The van der Waals surface area contributed by atoms with E-state index in [-0.39, 0.29) is 17.9 Å². The fraction of sp³-hybridized carbons (Fsp3) is 0.300. The van der Waals surface area contributed by atoms with Gasteiger partial charge in [-0.15, -0.1) is 0 Å². The summed E-state index contributed by atoms with van der Waals surface area (Å²) in [4.78, 5) is 17.3. The van der Waals surface area contributed by atoms with E-state index in [9.17, 15) is 4.79 Å². The quantitative estimate of drug-likeness (QED) is 0.757. The van der Waals surface area contributed by atoms with Crippen LogP contribution in [0.5, 0.6) is 5.75 Å². The van der Waals surface area contributed by atoms with Crippen LogP contribution < -0.4 is 15.8 Å². The highest BCUT2D eigenvalue weighted by Gasteiger charge is 2.29. The van der Waals surface area contributed by atoms with Crippen LogP contribution in [0.3, 0.4) is 0 Å². The van der Waals surface area contributed by atoms with E-state index in [0.717, 1.165) is 41.7 Å². The topological polar surface area (TPSA) is 82.2 Å². The number of nitrogens with zero attached hydrogens (tertiary/aromatic N) is 2. The van der Waals surface area contributed by atoms with E-state index in [0.29, 0.717) is 5.95 Å². The molecule has 1 aliphatic rings. The van der Waals surface area contributed by atoms with Crippen LogP contribution in [0.15, 0.2) is 48.5 Å². The molecular formula is C20H22N4O2. The highest BCUT2D eigenvalue weighted by atomic mass is 16.5. The summed E-state index contributed by atoms with van der Waals surface area (Å²) in [6.45, 7) is 0. The number of para-hydroxylation sites is 2. The number of carbonyl (C=O) groups is 1. The van der Waals surface area contributed by atoms with Crippen molar-refractivity contribution in [2.45, 2.75) is 25.3 Å². The number of aromatic nitrogens is 2. The van der Waals surface area contributed by atoms with E-state index in [2.05, 4.69) is 10.3 Å². The number of hydrogen-bond acceptors (Lipinski definition) is 4. The number of anilines is 1. The number of hydrogen-bond donors (Lipinski definition) is 2. The summed E-state index contributed by atoms with van der Waals surface area (Å²) in [5.74, 6) is 1.20. The van der Waals surface area contributed by atoms with E-state index in [1.54, 1.807) is 7.11 Å². The molecule has 0 aliphatic heterocycles. The van der Waals surface area contributed by atoms with Gasteiger partial charge in [0.1, 0.15) is 5.75 Å². The zero-order valence-electron chi connectivity index (χ0n) is 14.7. The Balaban J connectivity index is 1.75. The molecular weight excluding hydrogens is 328 g/mol. The fourth-order valence-electron chi connectivity index (χ4n) is 3.59. The number of benzene rings is 2. The Morgan fingerprint density at radius 3 is 2.85 bits per heavy atom. The molecule has 134 valence electrons. The number of ether oxygens (including phenoxy) is 1. The van der Waals surface area contributed by atoms with Crippen LogP contribution in [0.1, 0.15) is 19.3 Å². The highest BCUT2D eigenvalue weighted by Crippen LogP contribution is 2.29. The number of nitrogens with one attached hydrogen (secondary N) is 1. The Hall–Kier alpha value is -2.86. The van der Waals surface area contributed by atoms with Gasteiger partial charge in [0.25, 0.3) is 0 Å². The summed E-state index contributed by atoms with van der Waals surface area (Å²) in [6.07, 6.45) is 2.45. The Labute approximate surface area is 152 Å². The molecule has 0 radical (unpaired) electrons. The lowest BCUT2D eigenvalue weighted by molar-refractivity contribution is -0.119. The minimum absolute atomic E-state index is 0.0163. The molecule has 2 unspecified atom stereocenters. The van der Waals surface area contributed by atoms with E-state index in [4.69, 9.17) is 10.5 Å². The second-order valence-electron chi connectivity index (χ2n) is 6.72. The molecule has 3 N–H and O–H groups in total. The van der Waals surface area contributed by atoms with Crippen molar-refractivity contribution in [3.63, 3.8) is 0 Å². The van der Waals surface area contributed by atoms with Crippen LogP contribution in [-0.2, 0) is 4.79 Å². The van der Waals surface area contributed by atoms with Gasteiger partial charge in [0.2, 0.25) is 11.9 Å². The first kappa shape index (κ1) is 16.6. The molecule has 0 bridgehead atoms. The second-order valence-corrected chi connectivity index (χ2v) is 6.72. The first-order valence-electron chi connectivity index (χ1n) is 8.84. The van der Waals surface area contributed by atoms with Crippen LogP contribution in [0.4, 0.5) is 5.95 Å². The predicted molar refractivity (Wildman–Crippen MR) is 102 cm³/mol. The second kappa shape index (κ2) is 6.80. The molecule has 4 rings (SSSR count). The lowest BCUT2D eigenvalue weighted by Crippen LogP contribution is -2.24. The van der Waals surface area contributed by atoms with Crippen LogP contribution in [0.2, 0.25) is 0 Å². The molecule has 1 fully saturated rings. The SMILES string of the molecule is COc1cccc(-n2c(NC(=O)C3CCC(N)C3)nc3ccccc32)c1. The zero-order valence-corrected chi connectivity index (χ0v) is 14.7. The molecule has 2 aromatic carbocycles. The monoisotopic (exact) mass is 350 g/mol. The Morgan fingerprint density at radius 2 is 2.08 bits per heavy atom. The van der Waals surface area contributed by atoms with Gasteiger partial charge in [-0.2, -0.15) is 0 Å². The molecule has 1 heterocycles. The molecule has 0 spiro atoms. The summed E-state index contributed by atoms with van der Waals surface area (Å²) in [5, 5.41) is 3.01. The number of rotatable bonds is 4. The third-order valence-electron chi connectivity index (χ3n) is 4.95. The van der Waals surface area contributed by atoms with Crippen molar-refractivity contribution in [3.8, 4) is 11.4 Å². The standard InChI is InChI=1S/C20H22N4O2/c1-26-16-6-4-5-15(12-16)24-18-8-3-2-7-17(18)22-20(24)23-19(25)13-9-10-14(21)11-13/h2-8,12-14H,9-11,21H2,1H3,(H,22,23,25). The van der Waals surface area contributed by atoms with Crippen molar-refractivity contribution in [2.75, 3.05) is 12.4 Å². The minimum atomic E-state index is -0.0522. The maximum absolute atomic E-state index is 12.7. The van der Waals surface area contributed by atoms with Gasteiger partial charge in [-0.25, -0.2) is 4.98 Å². The van der Waals surface area contributed by atoms with E-state index < -0.39 is 0 Å². The smallest absolute Gasteiger partial charge is 0.229 e. The largest absolute Gasteiger partial charge is 0.497 e. The molecule has 26 heavy (non-hydrogen) atoms. The van der Waals surface area contributed by atoms with Crippen molar-refractivity contribution in [1.29, 1.82) is 0 Å². The van der Waals surface area contributed by atoms with Gasteiger partial charge < -0.3 is 10.5 Å². The average Bonchev–Trinajstić information content (AvgIpc) is 3.25. The lowest BCUT2D eigenvalue weighted by Gasteiger charge is -2.13. The van der Waals surface area contributed by atoms with E-state index >= 15 is 0 Å². The summed E-state index contributed by atoms with van der Waals surface area (Å²) < 4.78 is 7.29. The highest BCUT2D eigenvalue weighted by molar-refractivity contribution is 5.94. The van der Waals surface area contributed by atoms with Gasteiger partial charge in [-0.3, -0.25) is 14.7 Å². The van der Waals surface area contributed by atoms with Crippen molar-refractivity contribution in [3.05, 3.63) is 48.5 Å². The van der Waals surface area contributed by atoms with Gasteiger partial charge >= 0.3 is 0 Å². The van der Waals surface area contributed by atoms with Crippen molar-refractivity contribution in [1.82, 2.24) is 9.55 Å². The van der Waals surface area contributed by atoms with E-state index in [1.165, 1.54) is 0 Å². The maximum atomic E-state index is 12.7. The first-order chi connectivity index (χ1) is 12.7. The molecule has 1 saturated carbocycles. The molecule has 0 saturated heterocycles.